The highest BCUT2D eigenvalue weighted by Gasteiger charge is 2.14. The lowest BCUT2D eigenvalue weighted by Gasteiger charge is -2.18. The van der Waals surface area contributed by atoms with E-state index >= 15 is 0 Å². The molecule has 1 rings (SSSR count). The molecule has 0 aromatic heterocycles. The number of hydrogen-bond donors (Lipinski definition) is 2. The van der Waals surface area contributed by atoms with Crippen LogP contribution in [-0.4, -0.2) is 23.7 Å². The highest BCUT2D eigenvalue weighted by atomic mass is 16.2. The zero-order chi connectivity index (χ0) is 15.8. The van der Waals surface area contributed by atoms with Crippen LogP contribution in [0.4, 0.5) is 0 Å². The van der Waals surface area contributed by atoms with Crippen LogP contribution in [0.2, 0.25) is 0 Å². The third-order valence-electron chi connectivity index (χ3n) is 3.55. The number of amides is 1. The van der Waals surface area contributed by atoms with Gasteiger partial charge in [0.2, 0.25) is 0 Å². The summed E-state index contributed by atoms with van der Waals surface area (Å²) in [6.07, 6.45) is 2.07. The Morgan fingerprint density at radius 2 is 2.10 bits per heavy atom. The second kappa shape index (κ2) is 8.49. The van der Waals surface area contributed by atoms with Gasteiger partial charge in [-0.05, 0) is 43.9 Å². The van der Waals surface area contributed by atoms with E-state index in [1.807, 2.05) is 26.0 Å². The van der Waals surface area contributed by atoms with E-state index in [9.17, 15) is 4.79 Å². The number of carbonyl (C=O) groups is 1. The second-order valence-electron chi connectivity index (χ2n) is 5.63. The summed E-state index contributed by atoms with van der Waals surface area (Å²) >= 11 is 0. The van der Waals surface area contributed by atoms with E-state index in [2.05, 4.69) is 31.0 Å². The second-order valence-corrected chi connectivity index (χ2v) is 5.63. The number of rotatable bonds is 5. The van der Waals surface area contributed by atoms with Gasteiger partial charge in [0.25, 0.3) is 5.91 Å². The molecule has 0 bridgehead atoms. The Bertz CT molecular complexity index is 540. The number of aryl methyl sites for hydroxylation is 1. The highest BCUT2D eigenvalue weighted by molar-refractivity contribution is 5.97. The van der Waals surface area contributed by atoms with Gasteiger partial charge < -0.3 is 10.4 Å². The maximum atomic E-state index is 12.4. The molecule has 2 N–H and O–H groups in total. The lowest BCUT2D eigenvalue weighted by atomic mass is 9.99. The maximum absolute atomic E-state index is 12.4. The molecule has 2 atom stereocenters. The fourth-order valence-corrected chi connectivity index (χ4v) is 2.22. The van der Waals surface area contributed by atoms with Crippen LogP contribution in [0.25, 0.3) is 0 Å². The summed E-state index contributed by atoms with van der Waals surface area (Å²) in [7, 11) is 0. The van der Waals surface area contributed by atoms with Crippen molar-refractivity contribution in [2.24, 2.45) is 5.92 Å². The third kappa shape index (κ3) is 5.61. The highest BCUT2D eigenvalue weighted by Crippen LogP contribution is 2.13. The van der Waals surface area contributed by atoms with Crippen molar-refractivity contribution in [2.45, 2.75) is 46.6 Å². The number of carbonyl (C=O) groups excluding carboxylic acids is 1. The SMILES string of the molecule is CCC(C)CC(C)NC(=O)c1ccc(C)cc1C#CCO. The smallest absolute Gasteiger partial charge is 0.252 e. The van der Waals surface area contributed by atoms with E-state index in [4.69, 9.17) is 5.11 Å². The van der Waals surface area contributed by atoms with E-state index < -0.39 is 0 Å². The van der Waals surface area contributed by atoms with E-state index in [0.29, 0.717) is 17.0 Å². The van der Waals surface area contributed by atoms with Crippen molar-refractivity contribution in [1.29, 1.82) is 0 Å². The molecule has 0 saturated heterocycles. The molecule has 0 saturated carbocycles. The van der Waals surface area contributed by atoms with Crippen molar-refractivity contribution in [3.63, 3.8) is 0 Å². The Labute approximate surface area is 127 Å². The van der Waals surface area contributed by atoms with Gasteiger partial charge in [-0.15, -0.1) is 0 Å². The molecule has 0 aliphatic rings. The molecule has 0 aliphatic carbocycles. The Hall–Kier alpha value is -1.79. The topological polar surface area (TPSA) is 49.3 Å². The molecule has 0 aliphatic heterocycles. The third-order valence-corrected chi connectivity index (χ3v) is 3.55. The monoisotopic (exact) mass is 287 g/mol. The number of aliphatic hydroxyl groups excluding tert-OH is 1. The van der Waals surface area contributed by atoms with Crippen molar-refractivity contribution in [1.82, 2.24) is 5.32 Å². The summed E-state index contributed by atoms with van der Waals surface area (Å²) in [6, 6.07) is 5.70. The zero-order valence-corrected chi connectivity index (χ0v) is 13.4. The Balaban J connectivity index is 2.87. The first-order chi connectivity index (χ1) is 9.97. The number of nitrogens with one attached hydrogen (secondary N) is 1. The van der Waals surface area contributed by atoms with E-state index in [1.165, 1.54) is 0 Å². The van der Waals surface area contributed by atoms with Crippen molar-refractivity contribution in [2.75, 3.05) is 6.61 Å². The van der Waals surface area contributed by atoms with Gasteiger partial charge in [-0.2, -0.15) is 0 Å². The number of aliphatic hydroxyl groups is 1. The summed E-state index contributed by atoms with van der Waals surface area (Å²) in [4.78, 5) is 12.4. The Kier molecular flexibility index (Phi) is 6.98. The largest absolute Gasteiger partial charge is 0.384 e. The molecule has 1 aromatic rings. The van der Waals surface area contributed by atoms with Crippen LogP contribution in [0.3, 0.4) is 0 Å². The minimum Gasteiger partial charge on any atom is -0.384 e. The molecule has 0 heterocycles. The molecule has 0 spiro atoms. The van der Waals surface area contributed by atoms with Crippen molar-refractivity contribution < 1.29 is 9.90 Å². The van der Waals surface area contributed by atoms with Gasteiger partial charge in [0.15, 0.2) is 0 Å². The van der Waals surface area contributed by atoms with Crippen LogP contribution < -0.4 is 5.32 Å². The predicted octanol–water partition coefficient (Wildman–Crippen LogP) is 2.89. The zero-order valence-electron chi connectivity index (χ0n) is 13.4. The molecule has 3 nitrogen and oxygen atoms in total. The van der Waals surface area contributed by atoms with Crippen molar-refractivity contribution in [3.8, 4) is 11.8 Å². The minimum absolute atomic E-state index is 0.104. The van der Waals surface area contributed by atoms with E-state index in [-0.39, 0.29) is 18.6 Å². The van der Waals surface area contributed by atoms with Crippen LogP contribution in [0.15, 0.2) is 18.2 Å². The normalized spacial score (nSPS) is 13.0. The molecule has 21 heavy (non-hydrogen) atoms. The van der Waals surface area contributed by atoms with Crippen LogP contribution in [0.1, 0.15) is 55.1 Å². The first-order valence-electron chi connectivity index (χ1n) is 7.49. The predicted molar refractivity (Wildman–Crippen MR) is 86.1 cm³/mol. The molecule has 3 heteroatoms. The summed E-state index contributed by atoms with van der Waals surface area (Å²) in [5, 5.41) is 11.9. The first-order valence-corrected chi connectivity index (χ1v) is 7.49. The van der Waals surface area contributed by atoms with E-state index in [1.54, 1.807) is 6.07 Å². The molecule has 1 aromatic carbocycles. The van der Waals surface area contributed by atoms with Gasteiger partial charge in [0, 0.05) is 11.6 Å². The minimum atomic E-state index is -0.209. The number of hydrogen-bond acceptors (Lipinski definition) is 2. The summed E-state index contributed by atoms with van der Waals surface area (Å²) in [6.45, 7) is 8.11. The summed E-state index contributed by atoms with van der Waals surface area (Å²) in [5.41, 5.74) is 2.27. The van der Waals surface area contributed by atoms with Crippen molar-refractivity contribution in [3.05, 3.63) is 34.9 Å². The van der Waals surface area contributed by atoms with E-state index in [0.717, 1.165) is 18.4 Å². The van der Waals surface area contributed by atoms with Crippen LogP contribution in [-0.2, 0) is 0 Å². The summed E-state index contributed by atoms with van der Waals surface area (Å²) in [5.74, 6) is 5.94. The maximum Gasteiger partial charge on any atom is 0.252 e. The molecular weight excluding hydrogens is 262 g/mol. The van der Waals surface area contributed by atoms with Crippen LogP contribution in [0.5, 0.6) is 0 Å². The fraction of sp³-hybridized carbons (Fsp3) is 0.500. The van der Waals surface area contributed by atoms with Gasteiger partial charge in [0.05, 0.1) is 5.56 Å². The van der Waals surface area contributed by atoms with Crippen molar-refractivity contribution >= 4 is 5.91 Å². The molecule has 1 amide bonds. The molecule has 114 valence electrons. The van der Waals surface area contributed by atoms with Crippen LogP contribution in [0, 0.1) is 24.7 Å². The van der Waals surface area contributed by atoms with Gasteiger partial charge in [-0.3, -0.25) is 4.79 Å². The number of benzene rings is 1. The molecule has 0 radical (unpaired) electrons. The Morgan fingerprint density at radius 3 is 2.71 bits per heavy atom. The molecule has 0 fully saturated rings. The van der Waals surface area contributed by atoms with Gasteiger partial charge >= 0.3 is 0 Å². The average molecular weight is 287 g/mol. The molecular formula is C18H25NO2. The lowest BCUT2D eigenvalue weighted by Crippen LogP contribution is -2.34. The first kappa shape index (κ1) is 17.3. The van der Waals surface area contributed by atoms with Crippen LogP contribution >= 0.6 is 0 Å². The Morgan fingerprint density at radius 1 is 1.38 bits per heavy atom. The van der Waals surface area contributed by atoms with Gasteiger partial charge in [0.1, 0.15) is 6.61 Å². The van der Waals surface area contributed by atoms with Gasteiger partial charge in [-0.1, -0.05) is 38.2 Å². The standard InChI is InChI=1S/C18H25NO2/c1-5-13(2)11-15(4)19-18(21)17-9-8-14(3)12-16(17)7-6-10-20/h8-9,12-13,15,20H,5,10-11H2,1-4H3,(H,19,21). The summed E-state index contributed by atoms with van der Waals surface area (Å²) < 4.78 is 0. The van der Waals surface area contributed by atoms with Gasteiger partial charge in [-0.25, -0.2) is 0 Å². The molecule has 2 unspecified atom stereocenters. The quantitative estimate of drug-likeness (QED) is 0.818. The lowest BCUT2D eigenvalue weighted by molar-refractivity contribution is 0.0935. The fourth-order valence-electron chi connectivity index (χ4n) is 2.22. The average Bonchev–Trinajstić information content (AvgIpc) is 2.44.